The van der Waals surface area contributed by atoms with Gasteiger partial charge in [0.1, 0.15) is 0 Å². The molecule has 0 spiro atoms. The van der Waals surface area contributed by atoms with Crippen LogP contribution in [0, 0.1) is 5.92 Å². The highest BCUT2D eigenvalue weighted by molar-refractivity contribution is 7.89. The number of benzene rings is 1. The molecule has 0 aromatic heterocycles. The third-order valence-corrected chi connectivity index (χ3v) is 5.24. The van der Waals surface area contributed by atoms with Crippen LogP contribution in [0.15, 0.2) is 35.2 Å². The molecule has 0 amide bonds. The van der Waals surface area contributed by atoms with E-state index in [0.29, 0.717) is 29.8 Å². The Morgan fingerprint density at radius 3 is 2.65 bits per heavy atom. The molecule has 5 heteroatoms. The van der Waals surface area contributed by atoms with E-state index in [0.717, 1.165) is 12.8 Å². The normalized spacial score (nSPS) is 21.8. The summed E-state index contributed by atoms with van der Waals surface area (Å²) in [6.45, 7) is 1.21. The van der Waals surface area contributed by atoms with Crippen LogP contribution >= 0.6 is 11.6 Å². The minimum Gasteiger partial charge on any atom is -0.207 e. The van der Waals surface area contributed by atoms with Crippen molar-refractivity contribution in [1.82, 2.24) is 4.31 Å². The van der Waals surface area contributed by atoms with Crippen molar-refractivity contribution in [1.29, 1.82) is 0 Å². The molecule has 0 aliphatic carbocycles. The lowest BCUT2D eigenvalue weighted by atomic mass is 10.1. The van der Waals surface area contributed by atoms with Gasteiger partial charge in [-0.05, 0) is 30.9 Å². The molecule has 1 aromatic rings. The molecule has 0 bridgehead atoms. The van der Waals surface area contributed by atoms with E-state index < -0.39 is 10.0 Å². The second kappa shape index (κ2) is 5.38. The average molecular weight is 274 g/mol. The molecule has 1 fully saturated rings. The van der Waals surface area contributed by atoms with Crippen molar-refractivity contribution in [2.24, 2.45) is 5.92 Å². The van der Waals surface area contributed by atoms with Gasteiger partial charge in [0.05, 0.1) is 4.90 Å². The molecule has 0 saturated carbocycles. The van der Waals surface area contributed by atoms with E-state index in [4.69, 9.17) is 11.6 Å². The molecule has 17 heavy (non-hydrogen) atoms. The minimum atomic E-state index is -3.30. The first kappa shape index (κ1) is 12.9. The van der Waals surface area contributed by atoms with Crippen molar-refractivity contribution in [3.63, 3.8) is 0 Å². The number of halogens is 1. The van der Waals surface area contributed by atoms with Gasteiger partial charge in [0.25, 0.3) is 0 Å². The summed E-state index contributed by atoms with van der Waals surface area (Å²) in [5, 5.41) is 0. The van der Waals surface area contributed by atoms with Gasteiger partial charge in [-0.2, -0.15) is 4.31 Å². The van der Waals surface area contributed by atoms with E-state index in [-0.39, 0.29) is 0 Å². The van der Waals surface area contributed by atoms with Gasteiger partial charge in [-0.3, -0.25) is 0 Å². The summed E-state index contributed by atoms with van der Waals surface area (Å²) in [4.78, 5) is 0.381. The molecular weight excluding hydrogens is 258 g/mol. The number of hydrogen-bond acceptors (Lipinski definition) is 2. The average Bonchev–Trinajstić information content (AvgIpc) is 2.80. The first-order chi connectivity index (χ1) is 8.14. The lowest BCUT2D eigenvalue weighted by molar-refractivity contribution is 0.453. The fourth-order valence-corrected chi connectivity index (χ4v) is 4.01. The van der Waals surface area contributed by atoms with Gasteiger partial charge in [-0.15, -0.1) is 11.6 Å². The Kier molecular flexibility index (Phi) is 4.07. The van der Waals surface area contributed by atoms with E-state index in [1.807, 2.05) is 6.07 Å². The Morgan fingerprint density at radius 1 is 1.29 bits per heavy atom. The Labute approximate surface area is 107 Å². The number of hydrogen-bond donors (Lipinski definition) is 0. The summed E-state index contributed by atoms with van der Waals surface area (Å²) in [7, 11) is -3.30. The number of sulfonamides is 1. The summed E-state index contributed by atoms with van der Waals surface area (Å²) in [6.07, 6.45) is 1.81. The van der Waals surface area contributed by atoms with E-state index in [9.17, 15) is 8.42 Å². The number of nitrogens with zero attached hydrogens (tertiary/aromatic N) is 1. The molecule has 3 nitrogen and oxygen atoms in total. The van der Waals surface area contributed by atoms with Gasteiger partial charge in [-0.1, -0.05) is 18.2 Å². The van der Waals surface area contributed by atoms with Gasteiger partial charge in [0.15, 0.2) is 0 Å². The lowest BCUT2D eigenvalue weighted by Crippen LogP contribution is -2.28. The zero-order chi connectivity index (χ0) is 12.3. The first-order valence-electron chi connectivity index (χ1n) is 5.76. The highest BCUT2D eigenvalue weighted by atomic mass is 35.5. The largest absolute Gasteiger partial charge is 0.243 e. The minimum absolute atomic E-state index is 0.381. The molecular formula is C12H16ClNO2S. The van der Waals surface area contributed by atoms with E-state index in [1.54, 1.807) is 28.6 Å². The highest BCUT2D eigenvalue weighted by Crippen LogP contribution is 2.26. The van der Waals surface area contributed by atoms with Crippen molar-refractivity contribution in [3.05, 3.63) is 30.3 Å². The fraction of sp³-hybridized carbons (Fsp3) is 0.500. The smallest absolute Gasteiger partial charge is 0.207 e. The van der Waals surface area contributed by atoms with Gasteiger partial charge < -0.3 is 0 Å². The van der Waals surface area contributed by atoms with Crippen molar-refractivity contribution in [3.8, 4) is 0 Å². The third-order valence-electron chi connectivity index (χ3n) is 3.15. The van der Waals surface area contributed by atoms with Crippen molar-refractivity contribution in [2.75, 3.05) is 19.0 Å². The summed E-state index contributed by atoms with van der Waals surface area (Å²) in [5.74, 6) is 1.01. The van der Waals surface area contributed by atoms with Crippen LogP contribution in [-0.2, 0) is 10.0 Å². The Morgan fingerprint density at radius 2 is 2.00 bits per heavy atom. The fourth-order valence-electron chi connectivity index (χ4n) is 2.15. The van der Waals surface area contributed by atoms with Gasteiger partial charge in [0, 0.05) is 19.0 Å². The van der Waals surface area contributed by atoms with Crippen LogP contribution < -0.4 is 0 Å². The van der Waals surface area contributed by atoms with Crippen molar-refractivity contribution < 1.29 is 8.42 Å². The Bertz CT molecular complexity index is 461. The SMILES string of the molecule is O=S(=O)(c1ccccc1)N1CCC(CCCl)C1. The van der Waals surface area contributed by atoms with Crippen LogP contribution in [0.2, 0.25) is 0 Å². The molecule has 1 saturated heterocycles. The van der Waals surface area contributed by atoms with Crippen LogP contribution in [0.4, 0.5) is 0 Å². The molecule has 1 aromatic carbocycles. The quantitative estimate of drug-likeness (QED) is 0.790. The molecule has 1 heterocycles. The summed E-state index contributed by atoms with van der Waals surface area (Å²) in [6, 6.07) is 8.60. The standard InChI is InChI=1S/C12H16ClNO2S/c13-8-6-11-7-9-14(10-11)17(15,16)12-4-2-1-3-5-12/h1-5,11H,6-10H2. The summed E-state index contributed by atoms with van der Waals surface area (Å²) < 4.78 is 26.1. The summed E-state index contributed by atoms with van der Waals surface area (Å²) in [5.41, 5.74) is 0. The molecule has 1 unspecified atom stereocenters. The zero-order valence-corrected chi connectivity index (χ0v) is 11.1. The molecule has 0 N–H and O–H groups in total. The summed E-state index contributed by atoms with van der Waals surface area (Å²) >= 11 is 5.69. The van der Waals surface area contributed by atoms with Crippen LogP contribution in [0.25, 0.3) is 0 Å². The molecule has 1 aliphatic heterocycles. The number of rotatable bonds is 4. The topological polar surface area (TPSA) is 37.4 Å². The molecule has 2 rings (SSSR count). The highest BCUT2D eigenvalue weighted by Gasteiger charge is 2.31. The predicted molar refractivity (Wildman–Crippen MR) is 68.6 cm³/mol. The maximum atomic E-state index is 12.3. The van der Waals surface area contributed by atoms with Crippen LogP contribution in [0.3, 0.4) is 0 Å². The van der Waals surface area contributed by atoms with Crippen molar-refractivity contribution >= 4 is 21.6 Å². The van der Waals surface area contributed by atoms with E-state index in [2.05, 4.69) is 0 Å². The van der Waals surface area contributed by atoms with E-state index >= 15 is 0 Å². The monoisotopic (exact) mass is 273 g/mol. The maximum absolute atomic E-state index is 12.3. The first-order valence-corrected chi connectivity index (χ1v) is 7.73. The second-order valence-corrected chi connectivity index (χ2v) is 6.62. The van der Waals surface area contributed by atoms with Crippen LogP contribution in [-0.4, -0.2) is 31.7 Å². The van der Waals surface area contributed by atoms with Gasteiger partial charge >= 0.3 is 0 Å². The van der Waals surface area contributed by atoms with Crippen LogP contribution in [0.1, 0.15) is 12.8 Å². The Hall–Kier alpha value is -0.580. The maximum Gasteiger partial charge on any atom is 0.243 e. The molecule has 1 aliphatic rings. The molecule has 1 atom stereocenters. The van der Waals surface area contributed by atoms with Gasteiger partial charge in [0.2, 0.25) is 10.0 Å². The lowest BCUT2D eigenvalue weighted by Gasteiger charge is -2.16. The molecule has 0 radical (unpaired) electrons. The Balaban J connectivity index is 2.13. The predicted octanol–water partition coefficient (Wildman–Crippen LogP) is 2.33. The van der Waals surface area contributed by atoms with Crippen molar-refractivity contribution in [2.45, 2.75) is 17.7 Å². The zero-order valence-electron chi connectivity index (χ0n) is 9.55. The second-order valence-electron chi connectivity index (χ2n) is 4.31. The van der Waals surface area contributed by atoms with Crippen LogP contribution in [0.5, 0.6) is 0 Å². The number of alkyl halides is 1. The van der Waals surface area contributed by atoms with Gasteiger partial charge in [-0.25, -0.2) is 8.42 Å². The third kappa shape index (κ3) is 2.81. The van der Waals surface area contributed by atoms with E-state index in [1.165, 1.54) is 0 Å². The molecule has 94 valence electrons.